The SMILES string of the molecule is CCCNC(Cc1nc(C(C)(C)C)cs1)C(F)(F)F. The molecule has 1 heterocycles. The van der Waals surface area contributed by atoms with E-state index in [0.717, 1.165) is 5.69 Å². The first-order valence-electron chi connectivity index (χ1n) is 6.39. The average Bonchev–Trinajstić information content (AvgIpc) is 2.70. The van der Waals surface area contributed by atoms with Gasteiger partial charge < -0.3 is 5.32 Å². The minimum Gasteiger partial charge on any atom is -0.306 e. The van der Waals surface area contributed by atoms with Crippen molar-refractivity contribution in [1.82, 2.24) is 10.3 Å². The molecular weight excluding hydrogens is 273 g/mol. The van der Waals surface area contributed by atoms with Gasteiger partial charge in [0.05, 0.1) is 10.7 Å². The molecule has 19 heavy (non-hydrogen) atoms. The van der Waals surface area contributed by atoms with Crippen LogP contribution in [0.4, 0.5) is 13.2 Å². The second kappa shape index (κ2) is 6.22. The molecule has 0 aliphatic carbocycles. The Morgan fingerprint density at radius 3 is 2.37 bits per heavy atom. The molecule has 0 amide bonds. The lowest BCUT2D eigenvalue weighted by atomic mass is 9.93. The molecule has 1 unspecified atom stereocenters. The van der Waals surface area contributed by atoms with E-state index < -0.39 is 12.2 Å². The molecule has 1 aromatic rings. The second-order valence-corrected chi connectivity index (χ2v) is 6.57. The Kier molecular flexibility index (Phi) is 5.38. The lowest BCUT2D eigenvalue weighted by Gasteiger charge is -2.20. The van der Waals surface area contributed by atoms with Crippen LogP contribution in [-0.2, 0) is 11.8 Å². The number of nitrogens with one attached hydrogen (secondary N) is 1. The third-order valence-corrected chi connectivity index (χ3v) is 3.61. The summed E-state index contributed by atoms with van der Waals surface area (Å²) >= 11 is 1.30. The topological polar surface area (TPSA) is 24.9 Å². The van der Waals surface area contributed by atoms with Crippen molar-refractivity contribution in [1.29, 1.82) is 0 Å². The Balaban J connectivity index is 2.76. The molecule has 110 valence electrons. The van der Waals surface area contributed by atoms with E-state index >= 15 is 0 Å². The van der Waals surface area contributed by atoms with Crippen LogP contribution < -0.4 is 5.32 Å². The highest BCUT2D eigenvalue weighted by molar-refractivity contribution is 7.09. The highest BCUT2D eigenvalue weighted by Crippen LogP contribution is 2.27. The monoisotopic (exact) mass is 294 g/mol. The van der Waals surface area contributed by atoms with E-state index in [-0.39, 0.29) is 11.8 Å². The normalized spacial score (nSPS) is 14.7. The van der Waals surface area contributed by atoms with Crippen LogP contribution in [0, 0.1) is 0 Å². The molecular formula is C13H21F3N2S. The summed E-state index contributed by atoms with van der Waals surface area (Å²) < 4.78 is 38.7. The van der Waals surface area contributed by atoms with E-state index in [1.54, 1.807) is 0 Å². The molecule has 6 heteroatoms. The summed E-state index contributed by atoms with van der Waals surface area (Å²) in [6, 6.07) is -1.51. The summed E-state index contributed by atoms with van der Waals surface area (Å²) in [7, 11) is 0. The maximum absolute atomic E-state index is 12.9. The molecule has 0 aliphatic rings. The summed E-state index contributed by atoms with van der Waals surface area (Å²) in [6.07, 6.45) is -3.65. The van der Waals surface area contributed by atoms with Gasteiger partial charge in [0.1, 0.15) is 6.04 Å². The number of nitrogens with zero attached hydrogens (tertiary/aromatic N) is 1. The quantitative estimate of drug-likeness (QED) is 0.890. The van der Waals surface area contributed by atoms with E-state index in [4.69, 9.17) is 0 Å². The smallest absolute Gasteiger partial charge is 0.306 e. The number of rotatable bonds is 5. The molecule has 1 N–H and O–H groups in total. The summed E-state index contributed by atoms with van der Waals surface area (Å²) in [4.78, 5) is 4.32. The van der Waals surface area contributed by atoms with Crippen molar-refractivity contribution < 1.29 is 13.2 Å². The number of hydrogen-bond acceptors (Lipinski definition) is 3. The van der Waals surface area contributed by atoms with E-state index in [1.165, 1.54) is 11.3 Å². The Labute approximate surface area is 116 Å². The zero-order valence-electron chi connectivity index (χ0n) is 11.8. The molecule has 1 atom stereocenters. The molecule has 0 saturated heterocycles. The van der Waals surface area contributed by atoms with Crippen molar-refractivity contribution in [3.05, 3.63) is 16.1 Å². The van der Waals surface area contributed by atoms with E-state index in [2.05, 4.69) is 10.3 Å². The fourth-order valence-corrected chi connectivity index (χ4v) is 2.61. The predicted octanol–water partition coefficient (Wildman–Crippen LogP) is 3.91. The summed E-state index contributed by atoms with van der Waals surface area (Å²) in [5, 5.41) is 4.94. The first-order valence-corrected chi connectivity index (χ1v) is 7.27. The Hall–Kier alpha value is -0.620. The molecule has 0 aliphatic heterocycles. The maximum atomic E-state index is 12.9. The predicted molar refractivity (Wildman–Crippen MR) is 72.7 cm³/mol. The van der Waals surface area contributed by atoms with E-state index in [0.29, 0.717) is 18.0 Å². The van der Waals surface area contributed by atoms with Gasteiger partial charge in [0, 0.05) is 17.2 Å². The number of alkyl halides is 3. The van der Waals surface area contributed by atoms with Crippen LogP contribution in [0.15, 0.2) is 5.38 Å². The van der Waals surface area contributed by atoms with Crippen molar-refractivity contribution in [3.8, 4) is 0 Å². The third kappa shape index (κ3) is 5.10. The van der Waals surface area contributed by atoms with Crippen LogP contribution in [0.5, 0.6) is 0 Å². The number of aromatic nitrogens is 1. The largest absolute Gasteiger partial charge is 0.404 e. The van der Waals surface area contributed by atoms with Gasteiger partial charge in [-0.1, -0.05) is 27.7 Å². The molecule has 1 rings (SSSR count). The van der Waals surface area contributed by atoms with Gasteiger partial charge in [-0.3, -0.25) is 0 Å². The number of hydrogen-bond donors (Lipinski definition) is 1. The molecule has 0 saturated carbocycles. The molecule has 0 fully saturated rings. The average molecular weight is 294 g/mol. The van der Waals surface area contributed by atoms with E-state index in [1.807, 2.05) is 33.1 Å². The van der Waals surface area contributed by atoms with Crippen LogP contribution in [0.2, 0.25) is 0 Å². The van der Waals surface area contributed by atoms with Gasteiger partial charge in [-0.2, -0.15) is 13.2 Å². The van der Waals surface area contributed by atoms with Crippen molar-refractivity contribution in [2.45, 2.75) is 58.2 Å². The molecule has 0 aromatic carbocycles. The Bertz CT molecular complexity index is 393. The van der Waals surface area contributed by atoms with Crippen molar-refractivity contribution in [2.24, 2.45) is 0 Å². The lowest BCUT2D eigenvalue weighted by Crippen LogP contribution is -2.44. The molecule has 2 nitrogen and oxygen atoms in total. The first kappa shape index (κ1) is 16.4. The Morgan fingerprint density at radius 1 is 1.32 bits per heavy atom. The molecule has 0 radical (unpaired) electrons. The van der Waals surface area contributed by atoms with Gasteiger partial charge >= 0.3 is 6.18 Å². The summed E-state index contributed by atoms with van der Waals surface area (Å²) in [6.45, 7) is 8.22. The summed E-state index contributed by atoms with van der Waals surface area (Å²) in [5.74, 6) is 0. The van der Waals surface area contributed by atoms with Crippen LogP contribution in [-0.4, -0.2) is 23.7 Å². The van der Waals surface area contributed by atoms with Crippen LogP contribution in [0.3, 0.4) is 0 Å². The highest BCUT2D eigenvalue weighted by Gasteiger charge is 2.39. The van der Waals surface area contributed by atoms with Crippen LogP contribution in [0.25, 0.3) is 0 Å². The third-order valence-electron chi connectivity index (χ3n) is 2.73. The van der Waals surface area contributed by atoms with Gasteiger partial charge in [-0.15, -0.1) is 11.3 Å². The van der Waals surface area contributed by atoms with Gasteiger partial charge in [-0.25, -0.2) is 4.98 Å². The zero-order valence-corrected chi connectivity index (χ0v) is 12.6. The van der Waals surface area contributed by atoms with Gasteiger partial charge in [0.25, 0.3) is 0 Å². The van der Waals surface area contributed by atoms with Crippen molar-refractivity contribution >= 4 is 11.3 Å². The van der Waals surface area contributed by atoms with Crippen molar-refractivity contribution in [3.63, 3.8) is 0 Å². The van der Waals surface area contributed by atoms with Crippen LogP contribution in [0.1, 0.15) is 44.8 Å². The second-order valence-electron chi connectivity index (χ2n) is 5.63. The van der Waals surface area contributed by atoms with E-state index in [9.17, 15) is 13.2 Å². The minimum atomic E-state index is -4.23. The molecule has 0 spiro atoms. The fraction of sp³-hybridized carbons (Fsp3) is 0.769. The number of halogens is 3. The first-order chi connectivity index (χ1) is 8.64. The maximum Gasteiger partial charge on any atom is 0.404 e. The standard InChI is InChI=1S/C13H21F3N2S/c1-5-6-17-9(13(14,15)16)7-11-18-10(8-19-11)12(2,3)4/h8-9,17H,5-7H2,1-4H3. The van der Waals surface area contributed by atoms with Gasteiger partial charge in [0.2, 0.25) is 0 Å². The molecule has 0 bridgehead atoms. The number of thiazole rings is 1. The summed E-state index contributed by atoms with van der Waals surface area (Å²) in [5.41, 5.74) is 0.725. The molecule has 1 aromatic heterocycles. The van der Waals surface area contributed by atoms with Crippen molar-refractivity contribution in [2.75, 3.05) is 6.54 Å². The van der Waals surface area contributed by atoms with Crippen LogP contribution >= 0.6 is 11.3 Å². The minimum absolute atomic E-state index is 0.0930. The van der Waals surface area contributed by atoms with Gasteiger partial charge in [0.15, 0.2) is 0 Å². The fourth-order valence-electron chi connectivity index (χ4n) is 1.55. The Morgan fingerprint density at radius 2 is 1.95 bits per heavy atom. The van der Waals surface area contributed by atoms with Gasteiger partial charge in [-0.05, 0) is 13.0 Å². The highest BCUT2D eigenvalue weighted by atomic mass is 32.1. The lowest BCUT2D eigenvalue weighted by molar-refractivity contribution is -0.155. The zero-order chi connectivity index (χ0) is 14.7.